The highest BCUT2D eigenvalue weighted by atomic mass is 19.1. The van der Waals surface area contributed by atoms with E-state index in [1.165, 1.54) is 24.3 Å². The average molecular weight is 604 g/mol. The Morgan fingerprint density at radius 3 is 2.29 bits per heavy atom. The number of methoxy groups -OCH3 is 1. The molecule has 2 amide bonds. The fourth-order valence-electron chi connectivity index (χ4n) is 5.04. The van der Waals surface area contributed by atoms with Gasteiger partial charge in [-0.05, 0) is 73.5 Å². The average Bonchev–Trinajstić information content (AvgIpc) is 3.74. The van der Waals surface area contributed by atoms with Crippen molar-refractivity contribution in [3.8, 4) is 28.5 Å². The minimum absolute atomic E-state index is 0.400. The van der Waals surface area contributed by atoms with Crippen LogP contribution in [-0.4, -0.2) is 40.1 Å². The predicted octanol–water partition coefficient (Wildman–Crippen LogP) is 6.58. The van der Waals surface area contributed by atoms with E-state index in [9.17, 15) is 14.0 Å². The van der Waals surface area contributed by atoms with Crippen molar-refractivity contribution in [2.45, 2.75) is 12.8 Å². The van der Waals surface area contributed by atoms with Crippen molar-refractivity contribution < 1.29 is 23.5 Å². The maximum Gasteiger partial charge on any atom is 0.240 e. The first-order valence-electron chi connectivity index (χ1n) is 14.1. The second-order valence-corrected chi connectivity index (χ2v) is 10.6. The molecule has 0 atom stereocenters. The number of carbonyl (C=O) groups is 2. The second-order valence-electron chi connectivity index (χ2n) is 10.6. The van der Waals surface area contributed by atoms with Gasteiger partial charge in [-0.15, -0.1) is 0 Å². The molecule has 2 aliphatic rings. The number of H-pyrrole nitrogens is 1. The summed E-state index contributed by atoms with van der Waals surface area (Å²) in [4.78, 5) is 42.3. The quantitative estimate of drug-likeness (QED) is 0.144. The molecule has 1 aliphatic heterocycles. The summed E-state index contributed by atoms with van der Waals surface area (Å²) in [6.07, 6.45) is 7.53. The first-order chi connectivity index (χ1) is 21.9. The van der Waals surface area contributed by atoms with E-state index in [1.807, 2.05) is 12.1 Å². The number of hydrogen-bond donors (Lipinski definition) is 4. The normalized spacial score (nSPS) is 13.8. The van der Waals surface area contributed by atoms with Crippen LogP contribution in [-0.2, 0) is 9.59 Å². The second kappa shape index (κ2) is 11.2. The number of pyridine rings is 1. The molecule has 11 nitrogen and oxygen atoms in total. The van der Waals surface area contributed by atoms with Crippen LogP contribution in [0.1, 0.15) is 18.4 Å². The number of amides is 2. The molecule has 4 N–H and O–H groups in total. The number of rotatable bonds is 8. The van der Waals surface area contributed by atoms with Crippen molar-refractivity contribution >= 4 is 46.6 Å². The largest absolute Gasteiger partial charge is 0.496 e. The van der Waals surface area contributed by atoms with Crippen molar-refractivity contribution in [1.29, 1.82) is 0 Å². The number of aromatic amines is 1. The Bertz CT molecular complexity index is 1940. The summed E-state index contributed by atoms with van der Waals surface area (Å²) in [6.45, 7) is 0. The molecule has 5 aromatic rings. The van der Waals surface area contributed by atoms with Crippen molar-refractivity contribution in [1.82, 2.24) is 15.0 Å². The van der Waals surface area contributed by atoms with E-state index in [4.69, 9.17) is 9.47 Å². The third-order valence-electron chi connectivity index (χ3n) is 7.69. The Kier molecular flexibility index (Phi) is 6.93. The highest BCUT2D eigenvalue weighted by Gasteiger charge is 2.56. The minimum atomic E-state index is -1.16. The molecule has 12 heteroatoms. The number of halogens is 1. The Morgan fingerprint density at radius 2 is 1.64 bits per heavy atom. The molecular formula is C33H26FN7O4. The number of fused-ring (bicyclic) bond motifs is 2. The summed E-state index contributed by atoms with van der Waals surface area (Å²) in [5.41, 5.74) is 3.52. The smallest absolute Gasteiger partial charge is 0.240 e. The molecule has 1 aliphatic carbocycles. The van der Waals surface area contributed by atoms with Gasteiger partial charge in [0.15, 0.2) is 11.6 Å². The molecule has 0 unspecified atom stereocenters. The lowest BCUT2D eigenvalue weighted by atomic mass is 10.0. The van der Waals surface area contributed by atoms with E-state index < -0.39 is 23.0 Å². The summed E-state index contributed by atoms with van der Waals surface area (Å²) in [7, 11) is 1.61. The lowest BCUT2D eigenvalue weighted by molar-refractivity contribution is -0.131. The highest BCUT2D eigenvalue weighted by Crippen LogP contribution is 2.48. The van der Waals surface area contributed by atoms with E-state index in [-0.39, 0.29) is 0 Å². The van der Waals surface area contributed by atoms with Gasteiger partial charge in [0.2, 0.25) is 11.8 Å². The number of nitrogens with zero attached hydrogens (tertiary/aromatic N) is 3. The first kappa shape index (κ1) is 27.8. The number of aromatic nitrogens is 3. The predicted molar refractivity (Wildman–Crippen MR) is 167 cm³/mol. The molecule has 0 radical (unpaired) electrons. The van der Waals surface area contributed by atoms with E-state index in [0.29, 0.717) is 53.0 Å². The summed E-state index contributed by atoms with van der Waals surface area (Å²) in [5, 5.41) is 8.89. The Morgan fingerprint density at radius 1 is 0.933 bits per heavy atom. The molecule has 3 heterocycles. The van der Waals surface area contributed by atoms with E-state index in [2.05, 4.69) is 35.9 Å². The monoisotopic (exact) mass is 603 g/mol. The maximum absolute atomic E-state index is 13.2. The van der Waals surface area contributed by atoms with Crippen LogP contribution in [0.15, 0.2) is 90.4 Å². The topological polar surface area (TPSA) is 143 Å². The van der Waals surface area contributed by atoms with Gasteiger partial charge in [0.1, 0.15) is 28.4 Å². The molecule has 7 rings (SSSR count). The summed E-state index contributed by atoms with van der Waals surface area (Å²) in [5.74, 6) is 0.936. The van der Waals surface area contributed by atoms with E-state index >= 15 is 0 Å². The standard InChI is InChI=1S/C33H26FN7O4/c1-44-28-14-19-16-37-29-27(10-13-36-30(29)41-25(19)15-24(28)26-17-35-18-38-26)45-23-8-6-22(7-9-23)40-32(43)33(11-12-33)31(42)39-21-4-2-20(34)3-5-21/h2-10,13-18H,11-12H2,1H3,(H,35,38)(H,36,41)(H,39,42)(H,40,43). The van der Waals surface area contributed by atoms with E-state index in [0.717, 1.165) is 22.5 Å². The van der Waals surface area contributed by atoms with Gasteiger partial charge in [-0.2, -0.15) is 0 Å². The molecule has 2 aromatic heterocycles. The van der Waals surface area contributed by atoms with Crippen LogP contribution in [0.5, 0.6) is 17.2 Å². The molecule has 0 spiro atoms. The zero-order valence-corrected chi connectivity index (χ0v) is 23.9. The summed E-state index contributed by atoms with van der Waals surface area (Å²) in [6, 6.07) is 17.8. The van der Waals surface area contributed by atoms with Crippen LogP contribution < -0.4 is 25.4 Å². The van der Waals surface area contributed by atoms with Crippen LogP contribution in [0, 0.1) is 11.2 Å². The molecule has 0 bridgehead atoms. The van der Waals surface area contributed by atoms with Crippen molar-refractivity contribution in [3.05, 3.63) is 96.8 Å². The van der Waals surface area contributed by atoms with Gasteiger partial charge in [0.25, 0.3) is 0 Å². The molecule has 3 aromatic carbocycles. The fourth-order valence-corrected chi connectivity index (χ4v) is 5.04. The number of benzene rings is 3. The first-order valence-corrected chi connectivity index (χ1v) is 14.1. The van der Waals surface area contributed by atoms with Crippen LogP contribution in [0.3, 0.4) is 0 Å². The van der Waals surface area contributed by atoms with Crippen LogP contribution in [0.25, 0.3) is 11.3 Å². The van der Waals surface area contributed by atoms with Gasteiger partial charge < -0.3 is 30.4 Å². The van der Waals surface area contributed by atoms with E-state index in [1.54, 1.807) is 62.4 Å². The lowest BCUT2D eigenvalue weighted by Gasteiger charge is -2.16. The van der Waals surface area contributed by atoms with Gasteiger partial charge in [-0.25, -0.2) is 19.4 Å². The SMILES string of the molecule is COc1cc2c(cc1-c1cnc[nH]1)Nc1nccc(Oc3ccc(NC(=O)C4(C(=O)Nc5ccc(F)cc5)CC4)cc3)c1N=C2. The third-order valence-corrected chi connectivity index (χ3v) is 7.69. The molecular weight excluding hydrogens is 577 g/mol. The summed E-state index contributed by atoms with van der Waals surface area (Å²) >= 11 is 0. The highest BCUT2D eigenvalue weighted by molar-refractivity contribution is 6.17. The number of carbonyl (C=O) groups excluding carboxylic acids is 2. The number of anilines is 4. The van der Waals surface area contributed by atoms with Crippen molar-refractivity contribution in [2.24, 2.45) is 10.4 Å². The van der Waals surface area contributed by atoms with Gasteiger partial charge in [-0.3, -0.25) is 9.59 Å². The minimum Gasteiger partial charge on any atom is -0.496 e. The number of imidazole rings is 1. The summed E-state index contributed by atoms with van der Waals surface area (Å²) < 4.78 is 25.0. The zero-order valence-electron chi connectivity index (χ0n) is 23.9. The zero-order chi connectivity index (χ0) is 31.0. The van der Waals surface area contributed by atoms with Gasteiger partial charge >= 0.3 is 0 Å². The maximum atomic E-state index is 13.2. The van der Waals surface area contributed by atoms with Crippen LogP contribution in [0.4, 0.5) is 33.0 Å². The lowest BCUT2D eigenvalue weighted by Crippen LogP contribution is -2.35. The number of hydrogen-bond acceptors (Lipinski definition) is 8. The fraction of sp³-hybridized carbons (Fsp3) is 0.121. The molecule has 1 fully saturated rings. The molecule has 0 saturated heterocycles. The number of aliphatic imine (C=N–C) groups is 1. The van der Waals surface area contributed by atoms with Gasteiger partial charge in [-0.1, -0.05) is 0 Å². The number of ether oxygens (including phenoxy) is 2. The van der Waals surface area contributed by atoms with Gasteiger partial charge in [0.05, 0.1) is 25.3 Å². The van der Waals surface area contributed by atoms with Crippen LogP contribution >= 0.6 is 0 Å². The molecule has 45 heavy (non-hydrogen) atoms. The number of nitrogens with one attached hydrogen (secondary N) is 4. The van der Waals surface area contributed by atoms with Gasteiger partial charge in [0, 0.05) is 46.7 Å². The Labute approximate surface area is 256 Å². The Balaban J connectivity index is 1.05. The van der Waals surface area contributed by atoms with Crippen LogP contribution in [0.2, 0.25) is 0 Å². The van der Waals surface area contributed by atoms with Crippen molar-refractivity contribution in [3.63, 3.8) is 0 Å². The van der Waals surface area contributed by atoms with Crippen molar-refractivity contribution in [2.75, 3.05) is 23.1 Å². The Hall–Kier alpha value is -6.04. The third kappa shape index (κ3) is 5.44. The molecule has 224 valence electrons. The molecule has 1 saturated carbocycles.